The summed E-state index contributed by atoms with van der Waals surface area (Å²) in [5.41, 5.74) is 5.59. The highest BCUT2D eigenvalue weighted by molar-refractivity contribution is 5.95. The third kappa shape index (κ3) is 2.74. The van der Waals surface area contributed by atoms with Crippen LogP contribution in [0.15, 0.2) is 30.3 Å². The van der Waals surface area contributed by atoms with Gasteiger partial charge in [0.25, 0.3) is 0 Å². The first-order chi connectivity index (χ1) is 9.38. The Bertz CT molecular complexity index is 663. The molecule has 0 aliphatic carbocycles. The van der Waals surface area contributed by atoms with Crippen molar-refractivity contribution in [3.05, 3.63) is 58.9 Å². The maximum atomic E-state index is 13.8. The number of hydrogen-bond donors (Lipinski definition) is 2. The predicted molar refractivity (Wildman–Crippen MR) is 68.6 cm³/mol. The van der Waals surface area contributed by atoms with E-state index in [1.807, 2.05) is 0 Å². The van der Waals surface area contributed by atoms with Crippen LogP contribution in [0.4, 0.5) is 13.2 Å². The Balaban J connectivity index is 2.44. The molecule has 0 radical (unpaired) electrons. The molecule has 6 heteroatoms. The molecular weight excluding hydrogens is 269 g/mol. The summed E-state index contributed by atoms with van der Waals surface area (Å²) in [6.07, 6.45) is 0. The van der Waals surface area contributed by atoms with Crippen LogP contribution in [0.5, 0.6) is 11.5 Å². The second-order valence-corrected chi connectivity index (χ2v) is 4.19. The van der Waals surface area contributed by atoms with E-state index in [2.05, 4.69) is 0 Å². The van der Waals surface area contributed by atoms with Gasteiger partial charge in [-0.2, -0.15) is 0 Å². The Kier molecular flexibility index (Phi) is 3.65. The summed E-state index contributed by atoms with van der Waals surface area (Å²) in [5.74, 6) is -3.72. The molecule has 0 heterocycles. The Hall–Kier alpha value is -2.50. The first kappa shape index (κ1) is 13.9. The number of nitrogen functional groups attached to an aromatic ring is 1. The number of nitrogens with two attached hydrogens (primary N) is 1. The Labute approximate surface area is 113 Å². The number of hydrogen-bond acceptors (Lipinski definition) is 2. The summed E-state index contributed by atoms with van der Waals surface area (Å²) < 4.78 is 45.8. The summed E-state index contributed by atoms with van der Waals surface area (Å²) in [4.78, 5) is 0. The van der Waals surface area contributed by atoms with Crippen molar-refractivity contribution in [3.8, 4) is 11.5 Å². The lowest BCUT2D eigenvalue weighted by Crippen LogP contribution is -2.12. The molecule has 2 rings (SSSR count). The highest BCUT2D eigenvalue weighted by atomic mass is 19.1. The predicted octanol–water partition coefficient (Wildman–Crippen LogP) is 3.49. The second-order valence-electron chi connectivity index (χ2n) is 4.19. The van der Waals surface area contributed by atoms with Gasteiger partial charge in [0.2, 0.25) is 0 Å². The molecule has 0 spiro atoms. The largest absolute Gasteiger partial charge is 0.451 e. The van der Waals surface area contributed by atoms with Crippen molar-refractivity contribution in [2.45, 2.75) is 6.92 Å². The molecule has 0 unspecified atom stereocenters. The lowest BCUT2D eigenvalue weighted by Gasteiger charge is -2.11. The quantitative estimate of drug-likeness (QED) is 0.668. The molecule has 0 saturated heterocycles. The van der Waals surface area contributed by atoms with Gasteiger partial charge in [0.15, 0.2) is 17.4 Å². The van der Waals surface area contributed by atoms with Crippen molar-refractivity contribution in [3.63, 3.8) is 0 Å². The average Bonchev–Trinajstić information content (AvgIpc) is 2.37. The molecule has 104 valence electrons. The first-order valence-corrected chi connectivity index (χ1v) is 5.66. The number of halogens is 3. The van der Waals surface area contributed by atoms with Gasteiger partial charge in [-0.15, -0.1) is 0 Å². The summed E-state index contributed by atoms with van der Waals surface area (Å²) in [5, 5.41) is 7.14. The Morgan fingerprint density at radius 1 is 1.10 bits per heavy atom. The van der Waals surface area contributed by atoms with Gasteiger partial charge >= 0.3 is 0 Å². The second kappa shape index (κ2) is 5.24. The van der Waals surface area contributed by atoms with Crippen LogP contribution in [0.25, 0.3) is 0 Å². The Morgan fingerprint density at radius 2 is 1.70 bits per heavy atom. The molecule has 0 fully saturated rings. The number of aryl methyl sites for hydroxylation is 1. The topological polar surface area (TPSA) is 59.1 Å². The molecule has 0 saturated carbocycles. The van der Waals surface area contributed by atoms with E-state index in [0.717, 1.165) is 18.2 Å². The van der Waals surface area contributed by atoms with Crippen molar-refractivity contribution in [2.75, 3.05) is 0 Å². The minimum atomic E-state index is -1.01. The fraction of sp³-hybridized carbons (Fsp3) is 0.0714. The van der Waals surface area contributed by atoms with E-state index in [4.69, 9.17) is 15.9 Å². The van der Waals surface area contributed by atoms with Gasteiger partial charge in [-0.25, -0.2) is 13.2 Å². The number of amidine groups is 1. The number of nitrogens with one attached hydrogen (secondary N) is 1. The lowest BCUT2D eigenvalue weighted by molar-refractivity contribution is 0.403. The van der Waals surface area contributed by atoms with Crippen molar-refractivity contribution < 1.29 is 17.9 Å². The van der Waals surface area contributed by atoms with Crippen molar-refractivity contribution in [2.24, 2.45) is 5.73 Å². The third-order valence-corrected chi connectivity index (χ3v) is 2.67. The van der Waals surface area contributed by atoms with Crippen LogP contribution in [0, 0.1) is 29.8 Å². The molecular formula is C14H11F3N2O. The summed E-state index contributed by atoms with van der Waals surface area (Å²) in [6.45, 7) is 1.62. The monoisotopic (exact) mass is 280 g/mol. The van der Waals surface area contributed by atoms with Gasteiger partial charge in [0.1, 0.15) is 17.4 Å². The van der Waals surface area contributed by atoms with E-state index >= 15 is 0 Å². The molecule has 2 aromatic rings. The highest BCUT2D eigenvalue weighted by Crippen LogP contribution is 2.30. The van der Waals surface area contributed by atoms with E-state index in [9.17, 15) is 13.2 Å². The number of benzene rings is 2. The van der Waals surface area contributed by atoms with Crippen molar-refractivity contribution >= 4 is 5.84 Å². The van der Waals surface area contributed by atoms with Crippen molar-refractivity contribution in [1.82, 2.24) is 0 Å². The maximum absolute atomic E-state index is 13.8. The molecule has 0 bridgehead atoms. The Morgan fingerprint density at radius 3 is 2.25 bits per heavy atom. The van der Waals surface area contributed by atoms with E-state index in [1.54, 1.807) is 6.92 Å². The zero-order chi connectivity index (χ0) is 14.9. The molecule has 0 amide bonds. The molecule has 3 N–H and O–H groups in total. The third-order valence-electron chi connectivity index (χ3n) is 2.67. The van der Waals surface area contributed by atoms with Gasteiger partial charge < -0.3 is 10.5 Å². The molecule has 0 aliphatic rings. The van der Waals surface area contributed by atoms with Gasteiger partial charge in [0, 0.05) is 11.6 Å². The molecule has 0 aliphatic heterocycles. The average molecular weight is 280 g/mol. The standard InChI is InChI=1S/C14H11F3N2O/c1-7-2-3-9(15)6-12(7)20-13-10(16)4-8(14(18)19)5-11(13)17/h2-6H,1H3,(H3,18,19). The SMILES string of the molecule is Cc1ccc(F)cc1Oc1c(F)cc(C(=N)N)cc1F. The van der Waals surface area contributed by atoms with Gasteiger partial charge in [-0.1, -0.05) is 6.07 Å². The van der Waals surface area contributed by atoms with E-state index in [-0.39, 0.29) is 11.3 Å². The minimum absolute atomic E-state index is 0.0124. The van der Waals surface area contributed by atoms with E-state index in [1.165, 1.54) is 12.1 Å². The summed E-state index contributed by atoms with van der Waals surface area (Å²) in [6, 6.07) is 5.45. The molecule has 2 aromatic carbocycles. The van der Waals surface area contributed by atoms with Crippen LogP contribution < -0.4 is 10.5 Å². The van der Waals surface area contributed by atoms with Crippen LogP contribution >= 0.6 is 0 Å². The normalized spacial score (nSPS) is 10.4. The van der Waals surface area contributed by atoms with Crippen molar-refractivity contribution in [1.29, 1.82) is 5.41 Å². The maximum Gasteiger partial charge on any atom is 0.198 e. The van der Waals surface area contributed by atoms with Crippen LogP contribution in [-0.4, -0.2) is 5.84 Å². The fourth-order valence-corrected chi connectivity index (χ4v) is 1.61. The van der Waals surface area contributed by atoms with Crippen LogP contribution in [0.3, 0.4) is 0 Å². The zero-order valence-electron chi connectivity index (χ0n) is 10.5. The smallest absolute Gasteiger partial charge is 0.198 e. The number of ether oxygens (including phenoxy) is 1. The first-order valence-electron chi connectivity index (χ1n) is 5.66. The summed E-state index contributed by atoms with van der Waals surface area (Å²) >= 11 is 0. The fourth-order valence-electron chi connectivity index (χ4n) is 1.61. The molecule has 0 aromatic heterocycles. The van der Waals surface area contributed by atoms with Gasteiger partial charge in [0.05, 0.1) is 0 Å². The minimum Gasteiger partial charge on any atom is -0.451 e. The van der Waals surface area contributed by atoms with E-state index in [0.29, 0.717) is 5.56 Å². The van der Waals surface area contributed by atoms with Gasteiger partial charge in [-0.3, -0.25) is 5.41 Å². The van der Waals surface area contributed by atoms with E-state index < -0.39 is 29.0 Å². The van der Waals surface area contributed by atoms with Crippen LogP contribution in [-0.2, 0) is 0 Å². The summed E-state index contributed by atoms with van der Waals surface area (Å²) in [7, 11) is 0. The lowest BCUT2D eigenvalue weighted by atomic mass is 10.1. The van der Waals surface area contributed by atoms with Crippen LogP contribution in [0.1, 0.15) is 11.1 Å². The molecule has 3 nitrogen and oxygen atoms in total. The highest BCUT2D eigenvalue weighted by Gasteiger charge is 2.16. The molecule has 20 heavy (non-hydrogen) atoms. The van der Waals surface area contributed by atoms with Crippen LogP contribution in [0.2, 0.25) is 0 Å². The zero-order valence-corrected chi connectivity index (χ0v) is 10.5. The number of rotatable bonds is 3. The van der Waals surface area contributed by atoms with Gasteiger partial charge in [-0.05, 0) is 30.7 Å². The molecule has 0 atom stereocenters.